The molecule has 0 spiro atoms. The number of nitrogens with one attached hydrogen (secondary N) is 2. The first-order valence-corrected chi connectivity index (χ1v) is 6.32. The predicted molar refractivity (Wildman–Crippen MR) is 68.9 cm³/mol. The Morgan fingerprint density at radius 2 is 1.85 bits per heavy atom. The second-order valence-corrected chi connectivity index (χ2v) is 4.01. The van der Waals surface area contributed by atoms with Gasteiger partial charge in [0.25, 0.3) is 0 Å². The average Bonchev–Trinajstić information content (AvgIpc) is 2.40. The second kappa shape index (κ2) is 7.71. The lowest BCUT2D eigenvalue weighted by molar-refractivity contribution is -0.134. The van der Waals surface area contributed by atoms with Crippen molar-refractivity contribution in [2.75, 3.05) is 30.8 Å². The molecule has 0 unspecified atom stereocenters. The maximum absolute atomic E-state index is 12.0. The third-order valence-electron chi connectivity index (χ3n) is 2.19. The highest BCUT2D eigenvalue weighted by Crippen LogP contribution is 2.21. The van der Waals surface area contributed by atoms with E-state index in [-0.39, 0.29) is 24.9 Å². The van der Waals surface area contributed by atoms with Gasteiger partial charge < -0.3 is 15.4 Å². The number of hydrogen-bond donors (Lipinski definition) is 2. The monoisotopic (exact) mass is 293 g/mol. The van der Waals surface area contributed by atoms with Crippen molar-refractivity contribution in [3.63, 3.8) is 0 Å². The van der Waals surface area contributed by atoms with E-state index in [9.17, 15) is 13.2 Å². The summed E-state index contributed by atoms with van der Waals surface area (Å²) in [5.74, 6) is 0.488. The molecule has 1 aromatic rings. The van der Waals surface area contributed by atoms with Crippen molar-refractivity contribution in [3.8, 4) is 6.01 Å². The van der Waals surface area contributed by atoms with Gasteiger partial charge in [0.15, 0.2) is 0 Å². The Hall–Kier alpha value is -1.80. The van der Waals surface area contributed by atoms with Gasteiger partial charge in [-0.1, -0.05) is 6.92 Å². The summed E-state index contributed by atoms with van der Waals surface area (Å²) >= 11 is 0. The van der Waals surface area contributed by atoms with Gasteiger partial charge in [0, 0.05) is 20.0 Å². The van der Waals surface area contributed by atoms with Gasteiger partial charge >= 0.3 is 12.2 Å². The molecular formula is C11H18F3N5O. The Labute approximate surface area is 115 Å². The molecule has 0 aliphatic heterocycles. The second-order valence-electron chi connectivity index (χ2n) is 4.01. The first-order chi connectivity index (χ1) is 9.44. The van der Waals surface area contributed by atoms with E-state index in [4.69, 9.17) is 4.74 Å². The molecule has 20 heavy (non-hydrogen) atoms. The molecule has 9 heteroatoms. The number of nitrogens with zero attached hydrogens (tertiary/aromatic N) is 3. The molecule has 1 aromatic heterocycles. The molecule has 0 aromatic carbocycles. The van der Waals surface area contributed by atoms with E-state index in [1.54, 1.807) is 7.05 Å². The van der Waals surface area contributed by atoms with Crippen LogP contribution in [0.4, 0.5) is 25.1 Å². The predicted octanol–water partition coefficient (Wildman–Crippen LogP) is 2.46. The van der Waals surface area contributed by atoms with Gasteiger partial charge in [0.05, 0.1) is 6.61 Å². The number of ether oxygens (including phenoxy) is 1. The Morgan fingerprint density at radius 3 is 2.45 bits per heavy atom. The van der Waals surface area contributed by atoms with Crippen LogP contribution in [0.3, 0.4) is 0 Å². The van der Waals surface area contributed by atoms with Crippen molar-refractivity contribution in [2.45, 2.75) is 32.4 Å². The minimum absolute atomic E-state index is 0.0464. The molecular weight excluding hydrogens is 275 g/mol. The van der Waals surface area contributed by atoms with E-state index in [0.29, 0.717) is 12.6 Å². The number of hydrogen-bond acceptors (Lipinski definition) is 6. The Kier molecular flexibility index (Phi) is 6.26. The highest BCUT2D eigenvalue weighted by atomic mass is 19.4. The van der Waals surface area contributed by atoms with Gasteiger partial charge in [-0.3, -0.25) is 0 Å². The third-order valence-corrected chi connectivity index (χ3v) is 2.19. The molecule has 0 saturated carbocycles. The summed E-state index contributed by atoms with van der Waals surface area (Å²) in [5.41, 5.74) is 0. The van der Waals surface area contributed by atoms with Gasteiger partial charge in [-0.2, -0.15) is 28.1 Å². The van der Waals surface area contributed by atoms with E-state index in [0.717, 1.165) is 6.42 Å². The molecule has 0 bridgehead atoms. The van der Waals surface area contributed by atoms with Crippen LogP contribution in [0.5, 0.6) is 6.01 Å². The molecule has 0 aliphatic carbocycles. The minimum Gasteiger partial charge on any atom is -0.463 e. The molecule has 0 amide bonds. The van der Waals surface area contributed by atoms with Crippen LogP contribution in [0.25, 0.3) is 0 Å². The molecule has 0 radical (unpaired) electrons. The van der Waals surface area contributed by atoms with E-state index in [2.05, 4.69) is 25.6 Å². The van der Waals surface area contributed by atoms with Crippen LogP contribution in [0.2, 0.25) is 0 Å². The van der Waals surface area contributed by atoms with Gasteiger partial charge in [0.1, 0.15) is 0 Å². The molecule has 1 heterocycles. The minimum atomic E-state index is -4.15. The highest BCUT2D eigenvalue weighted by molar-refractivity contribution is 5.35. The summed E-state index contributed by atoms with van der Waals surface area (Å²) in [7, 11) is 1.63. The van der Waals surface area contributed by atoms with Gasteiger partial charge in [-0.25, -0.2) is 0 Å². The van der Waals surface area contributed by atoms with Crippen LogP contribution < -0.4 is 15.4 Å². The van der Waals surface area contributed by atoms with E-state index >= 15 is 0 Å². The number of anilines is 2. The summed E-state index contributed by atoms with van der Waals surface area (Å²) in [6.07, 6.45) is -4.24. The van der Waals surface area contributed by atoms with E-state index < -0.39 is 12.6 Å². The molecule has 0 saturated heterocycles. The first kappa shape index (κ1) is 16.3. The van der Waals surface area contributed by atoms with E-state index in [1.165, 1.54) is 0 Å². The fourth-order valence-corrected chi connectivity index (χ4v) is 1.29. The first-order valence-electron chi connectivity index (χ1n) is 6.32. The fraction of sp³-hybridized carbons (Fsp3) is 0.727. The molecule has 0 atom stereocenters. The van der Waals surface area contributed by atoms with Gasteiger partial charge in [0.2, 0.25) is 11.9 Å². The highest BCUT2D eigenvalue weighted by Gasteiger charge is 2.25. The maximum Gasteiger partial charge on any atom is 0.389 e. The number of aromatic nitrogens is 3. The lowest BCUT2D eigenvalue weighted by Crippen LogP contribution is -2.13. The molecule has 114 valence electrons. The molecule has 0 fully saturated rings. The SMILES string of the molecule is CCCOc1nc(NC)nc(NCCCC(F)(F)F)n1. The topological polar surface area (TPSA) is 72.0 Å². The van der Waals surface area contributed by atoms with Crippen LogP contribution >= 0.6 is 0 Å². The Morgan fingerprint density at radius 1 is 1.15 bits per heavy atom. The zero-order chi connectivity index (χ0) is 15.0. The molecule has 1 rings (SSSR count). The van der Waals surface area contributed by atoms with Crippen LogP contribution in [-0.2, 0) is 0 Å². The molecule has 6 nitrogen and oxygen atoms in total. The lowest BCUT2D eigenvalue weighted by atomic mass is 10.3. The number of halogens is 3. The van der Waals surface area contributed by atoms with Gasteiger partial charge in [-0.15, -0.1) is 0 Å². The van der Waals surface area contributed by atoms with E-state index in [1.807, 2.05) is 6.92 Å². The zero-order valence-corrected chi connectivity index (χ0v) is 11.4. The summed E-state index contributed by atoms with van der Waals surface area (Å²) in [6, 6.07) is 0.143. The van der Waals surface area contributed by atoms with Crippen molar-refractivity contribution >= 4 is 11.9 Å². The normalized spacial score (nSPS) is 11.2. The van der Waals surface area contributed by atoms with Crippen molar-refractivity contribution in [1.82, 2.24) is 15.0 Å². The fourth-order valence-electron chi connectivity index (χ4n) is 1.29. The van der Waals surface area contributed by atoms with Crippen LogP contribution in [0.15, 0.2) is 0 Å². The average molecular weight is 293 g/mol. The summed E-state index contributed by atoms with van der Waals surface area (Å²) in [5, 5.41) is 5.46. The summed E-state index contributed by atoms with van der Waals surface area (Å²) in [4.78, 5) is 11.9. The standard InChI is InChI=1S/C11H18F3N5O/c1-3-7-20-10-18-8(15-2)17-9(19-10)16-6-4-5-11(12,13)14/h3-7H2,1-2H3,(H2,15,16,17,18,19). The number of rotatable bonds is 8. The Balaban J connectivity index is 2.55. The smallest absolute Gasteiger partial charge is 0.389 e. The molecule has 2 N–H and O–H groups in total. The van der Waals surface area contributed by atoms with Crippen LogP contribution in [0.1, 0.15) is 26.2 Å². The Bertz CT molecular complexity index is 414. The molecule has 0 aliphatic rings. The van der Waals surface area contributed by atoms with Crippen molar-refractivity contribution < 1.29 is 17.9 Å². The summed E-state index contributed by atoms with van der Waals surface area (Å²) in [6.45, 7) is 2.52. The zero-order valence-electron chi connectivity index (χ0n) is 11.4. The third kappa shape index (κ3) is 6.39. The van der Waals surface area contributed by atoms with Crippen LogP contribution in [0, 0.1) is 0 Å². The van der Waals surface area contributed by atoms with Crippen molar-refractivity contribution in [1.29, 1.82) is 0 Å². The van der Waals surface area contributed by atoms with Gasteiger partial charge in [-0.05, 0) is 12.8 Å². The lowest BCUT2D eigenvalue weighted by Gasteiger charge is -2.09. The number of alkyl halides is 3. The van der Waals surface area contributed by atoms with Crippen LogP contribution in [-0.4, -0.2) is 41.3 Å². The summed E-state index contributed by atoms with van der Waals surface area (Å²) < 4.78 is 41.3. The largest absolute Gasteiger partial charge is 0.463 e. The quantitative estimate of drug-likeness (QED) is 0.717. The maximum atomic E-state index is 12.0. The van der Waals surface area contributed by atoms with Crippen molar-refractivity contribution in [2.24, 2.45) is 0 Å². The van der Waals surface area contributed by atoms with Crippen molar-refractivity contribution in [3.05, 3.63) is 0 Å².